The molecule has 0 bridgehead atoms. The summed E-state index contributed by atoms with van der Waals surface area (Å²) in [4.78, 5) is 4.36. The van der Waals surface area contributed by atoms with Crippen LogP contribution in [0.25, 0.3) is 0 Å². The molecule has 0 aliphatic rings. The van der Waals surface area contributed by atoms with E-state index in [0.29, 0.717) is 0 Å². The molecule has 1 unspecified atom stereocenters. The Morgan fingerprint density at radius 3 is 2.76 bits per heavy atom. The molecule has 0 radical (unpaired) electrons. The molecule has 2 heterocycles. The van der Waals surface area contributed by atoms with Gasteiger partial charge in [0.2, 0.25) is 0 Å². The first-order valence-corrected chi connectivity index (χ1v) is 5.74. The van der Waals surface area contributed by atoms with Crippen molar-refractivity contribution in [3.8, 4) is 0 Å². The first kappa shape index (κ1) is 11.8. The zero-order valence-electron chi connectivity index (χ0n) is 10.5. The van der Waals surface area contributed by atoms with Gasteiger partial charge in [0.05, 0.1) is 17.4 Å². The summed E-state index contributed by atoms with van der Waals surface area (Å²) in [6.45, 7) is 4.03. The summed E-state index contributed by atoms with van der Waals surface area (Å²) >= 11 is 0. The van der Waals surface area contributed by atoms with Gasteiger partial charge in [-0.25, -0.2) is 0 Å². The molecule has 4 heteroatoms. The molecule has 0 saturated carbocycles. The van der Waals surface area contributed by atoms with E-state index in [1.807, 2.05) is 37.7 Å². The number of pyridine rings is 1. The summed E-state index contributed by atoms with van der Waals surface area (Å²) in [6.07, 6.45) is 2.55. The number of nitrogens with two attached hydrogens (primary N) is 1. The largest absolute Gasteiger partial charge is 0.322 e. The highest BCUT2D eigenvalue weighted by Gasteiger charge is 2.13. The highest BCUT2D eigenvalue weighted by atomic mass is 15.3. The van der Waals surface area contributed by atoms with Gasteiger partial charge in [0, 0.05) is 25.4 Å². The van der Waals surface area contributed by atoms with Gasteiger partial charge >= 0.3 is 0 Å². The average molecular weight is 230 g/mol. The van der Waals surface area contributed by atoms with Gasteiger partial charge in [0.25, 0.3) is 0 Å². The third kappa shape index (κ3) is 2.53. The highest BCUT2D eigenvalue weighted by Crippen LogP contribution is 2.17. The van der Waals surface area contributed by atoms with Crippen LogP contribution in [0.15, 0.2) is 24.4 Å². The average Bonchev–Trinajstić information content (AvgIpc) is 2.58. The SMILES string of the molecule is Cc1cc(CC(N)c2ncccc2C)n(C)n1. The zero-order chi connectivity index (χ0) is 12.4. The van der Waals surface area contributed by atoms with Crippen molar-refractivity contribution in [1.82, 2.24) is 14.8 Å². The minimum absolute atomic E-state index is 0.0778. The lowest BCUT2D eigenvalue weighted by molar-refractivity contribution is 0.626. The molecule has 0 spiro atoms. The second-order valence-electron chi connectivity index (χ2n) is 4.42. The van der Waals surface area contributed by atoms with Crippen molar-refractivity contribution in [2.75, 3.05) is 0 Å². The van der Waals surface area contributed by atoms with Crippen LogP contribution in [0, 0.1) is 13.8 Å². The van der Waals surface area contributed by atoms with Gasteiger partial charge in [-0.3, -0.25) is 9.67 Å². The van der Waals surface area contributed by atoms with Gasteiger partial charge in [-0.15, -0.1) is 0 Å². The first-order valence-electron chi connectivity index (χ1n) is 5.74. The molecule has 90 valence electrons. The molecule has 0 aliphatic carbocycles. The molecule has 4 nitrogen and oxygen atoms in total. The molecule has 17 heavy (non-hydrogen) atoms. The third-order valence-corrected chi connectivity index (χ3v) is 2.93. The van der Waals surface area contributed by atoms with Gasteiger partial charge in [0.15, 0.2) is 0 Å². The fourth-order valence-corrected chi connectivity index (χ4v) is 2.06. The molecule has 0 aromatic carbocycles. The van der Waals surface area contributed by atoms with E-state index in [2.05, 4.69) is 16.1 Å². The van der Waals surface area contributed by atoms with E-state index in [4.69, 9.17) is 5.73 Å². The lowest BCUT2D eigenvalue weighted by Crippen LogP contribution is -2.17. The normalized spacial score (nSPS) is 12.7. The fraction of sp³-hybridized carbons (Fsp3) is 0.385. The summed E-state index contributed by atoms with van der Waals surface area (Å²) in [5, 5.41) is 4.32. The predicted octanol–water partition coefficient (Wildman–Crippen LogP) is 1.67. The summed E-state index contributed by atoms with van der Waals surface area (Å²) < 4.78 is 1.88. The number of aromatic nitrogens is 3. The Labute approximate surface area is 101 Å². The molecular formula is C13H18N4. The van der Waals surface area contributed by atoms with Crippen molar-refractivity contribution in [3.05, 3.63) is 47.0 Å². The van der Waals surface area contributed by atoms with Gasteiger partial charge in [-0.2, -0.15) is 5.10 Å². The van der Waals surface area contributed by atoms with Crippen molar-refractivity contribution in [2.24, 2.45) is 12.8 Å². The van der Waals surface area contributed by atoms with E-state index < -0.39 is 0 Å². The molecule has 2 aromatic rings. The van der Waals surface area contributed by atoms with E-state index in [9.17, 15) is 0 Å². The van der Waals surface area contributed by atoms with E-state index in [0.717, 1.165) is 29.1 Å². The minimum Gasteiger partial charge on any atom is -0.322 e. The van der Waals surface area contributed by atoms with E-state index >= 15 is 0 Å². The van der Waals surface area contributed by atoms with Gasteiger partial charge in [-0.05, 0) is 31.5 Å². The maximum absolute atomic E-state index is 6.20. The van der Waals surface area contributed by atoms with Crippen LogP contribution in [0.5, 0.6) is 0 Å². The Morgan fingerprint density at radius 1 is 1.41 bits per heavy atom. The fourth-order valence-electron chi connectivity index (χ4n) is 2.06. The standard InChI is InChI=1S/C13H18N4/c1-9-5-4-6-15-13(9)12(14)8-11-7-10(2)16-17(11)3/h4-7,12H,8,14H2,1-3H3. The van der Waals surface area contributed by atoms with E-state index in [1.54, 1.807) is 6.20 Å². The Morgan fingerprint density at radius 2 is 2.18 bits per heavy atom. The van der Waals surface area contributed by atoms with Crippen molar-refractivity contribution in [2.45, 2.75) is 26.3 Å². The number of hydrogen-bond donors (Lipinski definition) is 1. The van der Waals surface area contributed by atoms with Crippen LogP contribution in [0.1, 0.15) is 28.7 Å². The first-order chi connectivity index (χ1) is 8.08. The smallest absolute Gasteiger partial charge is 0.0604 e. The molecule has 2 rings (SSSR count). The molecule has 0 amide bonds. The lowest BCUT2D eigenvalue weighted by Gasteiger charge is -2.13. The van der Waals surface area contributed by atoms with Crippen LogP contribution in [-0.2, 0) is 13.5 Å². The zero-order valence-corrected chi connectivity index (χ0v) is 10.5. The Balaban J connectivity index is 2.20. The molecule has 0 fully saturated rings. The van der Waals surface area contributed by atoms with Crippen LogP contribution in [0.2, 0.25) is 0 Å². The monoisotopic (exact) mass is 230 g/mol. The van der Waals surface area contributed by atoms with Gasteiger partial charge in [0.1, 0.15) is 0 Å². The number of nitrogens with zero attached hydrogens (tertiary/aromatic N) is 3. The minimum atomic E-state index is -0.0778. The summed E-state index contributed by atoms with van der Waals surface area (Å²) in [7, 11) is 1.94. The molecular weight excluding hydrogens is 212 g/mol. The van der Waals surface area contributed by atoms with Crippen LogP contribution < -0.4 is 5.73 Å². The number of hydrogen-bond acceptors (Lipinski definition) is 3. The van der Waals surface area contributed by atoms with Crippen LogP contribution in [-0.4, -0.2) is 14.8 Å². The van der Waals surface area contributed by atoms with Crippen molar-refractivity contribution in [3.63, 3.8) is 0 Å². The van der Waals surface area contributed by atoms with Crippen LogP contribution >= 0.6 is 0 Å². The topological polar surface area (TPSA) is 56.7 Å². The summed E-state index contributed by atoms with van der Waals surface area (Å²) in [6, 6.07) is 5.96. The Bertz CT molecular complexity index is 516. The maximum atomic E-state index is 6.20. The maximum Gasteiger partial charge on any atom is 0.0604 e. The van der Waals surface area contributed by atoms with Crippen molar-refractivity contribution in [1.29, 1.82) is 0 Å². The van der Waals surface area contributed by atoms with Gasteiger partial charge < -0.3 is 5.73 Å². The molecule has 2 N–H and O–H groups in total. The molecule has 2 aromatic heterocycles. The molecule has 1 atom stereocenters. The van der Waals surface area contributed by atoms with Gasteiger partial charge in [-0.1, -0.05) is 6.07 Å². The number of rotatable bonds is 3. The van der Waals surface area contributed by atoms with E-state index in [1.165, 1.54) is 0 Å². The second-order valence-corrected chi connectivity index (χ2v) is 4.42. The molecule has 0 aliphatic heterocycles. The van der Waals surface area contributed by atoms with Crippen molar-refractivity contribution < 1.29 is 0 Å². The highest BCUT2D eigenvalue weighted by molar-refractivity contribution is 5.22. The molecule has 0 saturated heterocycles. The third-order valence-electron chi connectivity index (χ3n) is 2.93. The second kappa shape index (κ2) is 4.67. The Hall–Kier alpha value is -1.68. The number of aryl methyl sites for hydroxylation is 3. The Kier molecular flexibility index (Phi) is 3.24. The predicted molar refractivity (Wildman–Crippen MR) is 67.6 cm³/mol. The summed E-state index contributed by atoms with van der Waals surface area (Å²) in [5.41, 5.74) is 10.5. The van der Waals surface area contributed by atoms with Crippen LogP contribution in [0.3, 0.4) is 0 Å². The summed E-state index contributed by atoms with van der Waals surface area (Å²) in [5.74, 6) is 0. The quantitative estimate of drug-likeness (QED) is 0.872. The van der Waals surface area contributed by atoms with E-state index in [-0.39, 0.29) is 6.04 Å². The lowest BCUT2D eigenvalue weighted by atomic mass is 10.0. The van der Waals surface area contributed by atoms with Crippen LogP contribution in [0.4, 0.5) is 0 Å². The van der Waals surface area contributed by atoms with Crippen molar-refractivity contribution >= 4 is 0 Å².